The fourth-order valence-electron chi connectivity index (χ4n) is 1.40. The van der Waals surface area contributed by atoms with Crippen LogP contribution >= 0.6 is 15.9 Å². The van der Waals surface area contributed by atoms with Crippen LogP contribution in [0.3, 0.4) is 0 Å². The highest BCUT2D eigenvalue weighted by molar-refractivity contribution is 9.10. The Morgan fingerprint density at radius 3 is 3.00 bits per heavy atom. The fourth-order valence-corrected chi connectivity index (χ4v) is 1.88. The third kappa shape index (κ3) is 1.12. The predicted molar refractivity (Wildman–Crippen MR) is 50.0 cm³/mol. The van der Waals surface area contributed by atoms with Crippen molar-refractivity contribution in [3.63, 3.8) is 0 Å². The van der Waals surface area contributed by atoms with Crippen LogP contribution in [-0.2, 0) is 6.54 Å². The molecule has 0 saturated heterocycles. The van der Waals surface area contributed by atoms with Gasteiger partial charge in [0.2, 0.25) is 0 Å². The van der Waals surface area contributed by atoms with Gasteiger partial charge in [0.1, 0.15) is 0 Å². The molecule has 0 radical (unpaired) electrons. The van der Waals surface area contributed by atoms with Gasteiger partial charge < -0.3 is 5.32 Å². The zero-order valence-corrected chi connectivity index (χ0v) is 8.18. The second kappa shape index (κ2) is 2.86. The molecule has 1 aromatic carbocycles. The first-order chi connectivity index (χ1) is 6.24. The number of hydrogen-bond acceptors (Lipinski definition) is 2. The lowest BCUT2D eigenvalue weighted by Gasteiger charge is -2.00. The van der Waals surface area contributed by atoms with Crippen molar-refractivity contribution in [3.05, 3.63) is 33.3 Å². The van der Waals surface area contributed by atoms with Gasteiger partial charge in [0.25, 0.3) is 5.91 Å². The van der Waals surface area contributed by atoms with E-state index in [2.05, 4.69) is 21.2 Å². The SMILES string of the molecule is N#Cc1ccc(Br)c2c1C(=O)NC2. The van der Waals surface area contributed by atoms with E-state index in [4.69, 9.17) is 5.26 Å². The van der Waals surface area contributed by atoms with Crippen molar-refractivity contribution in [1.29, 1.82) is 5.26 Å². The van der Waals surface area contributed by atoms with Crippen LogP contribution in [0.4, 0.5) is 0 Å². The Bertz CT molecular complexity index is 434. The summed E-state index contributed by atoms with van der Waals surface area (Å²) in [5.74, 6) is -0.159. The first-order valence-corrected chi connectivity index (χ1v) is 4.53. The number of amides is 1. The minimum Gasteiger partial charge on any atom is -0.348 e. The van der Waals surface area contributed by atoms with Crippen LogP contribution < -0.4 is 5.32 Å². The van der Waals surface area contributed by atoms with E-state index >= 15 is 0 Å². The van der Waals surface area contributed by atoms with Crippen molar-refractivity contribution >= 4 is 21.8 Å². The zero-order chi connectivity index (χ0) is 9.42. The summed E-state index contributed by atoms with van der Waals surface area (Å²) < 4.78 is 0.875. The minimum absolute atomic E-state index is 0.159. The molecule has 0 saturated carbocycles. The summed E-state index contributed by atoms with van der Waals surface area (Å²) in [5, 5.41) is 11.4. The number of fused-ring (bicyclic) bond motifs is 1. The summed E-state index contributed by atoms with van der Waals surface area (Å²) >= 11 is 3.34. The van der Waals surface area contributed by atoms with Gasteiger partial charge in [0, 0.05) is 11.0 Å². The lowest BCUT2D eigenvalue weighted by molar-refractivity contribution is 0.0965. The Morgan fingerprint density at radius 2 is 2.31 bits per heavy atom. The molecule has 1 amide bonds. The maximum Gasteiger partial charge on any atom is 0.253 e. The number of nitriles is 1. The largest absolute Gasteiger partial charge is 0.348 e. The Morgan fingerprint density at radius 1 is 1.54 bits per heavy atom. The molecule has 0 bridgehead atoms. The third-order valence-electron chi connectivity index (χ3n) is 2.03. The second-order valence-corrected chi connectivity index (χ2v) is 3.60. The molecule has 0 aliphatic carbocycles. The van der Waals surface area contributed by atoms with Gasteiger partial charge in [-0.1, -0.05) is 15.9 Å². The molecule has 1 aromatic rings. The van der Waals surface area contributed by atoms with E-state index in [1.165, 1.54) is 0 Å². The van der Waals surface area contributed by atoms with E-state index in [1.807, 2.05) is 6.07 Å². The molecule has 1 heterocycles. The van der Waals surface area contributed by atoms with E-state index in [-0.39, 0.29) is 5.91 Å². The van der Waals surface area contributed by atoms with Crippen molar-refractivity contribution in [1.82, 2.24) is 5.32 Å². The normalized spacial score (nSPS) is 13.4. The minimum atomic E-state index is -0.159. The smallest absolute Gasteiger partial charge is 0.253 e. The molecule has 4 heteroatoms. The summed E-state index contributed by atoms with van der Waals surface area (Å²) in [5.41, 5.74) is 1.83. The predicted octanol–water partition coefficient (Wildman–Crippen LogP) is 1.56. The summed E-state index contributed by atoms with van der Waals surface area (Å²) in [6, 6.07) is 5.44. The number of carbonyl (C=O) groups excluding carboxylic acids is 1. The standard InChI is InChI=1S/C9H5BrN2O/c10-7-2-1-5(3-11)8-6(7)4-12-9(8)13/h1-2H,4H2,(H,12,13). The molecule has 0 spiro atoms. The first-order valence-electron chi connectivity index (χ1n) is 3.73. The number of carbonyl (C=O) groups is 1. The molecule has 0 atom stereocenters. The van der Waals surface area contributed by atoms with Crippen molar-refractivity contribution in [2.75, 3.05) is 0 Å². The van der Waals surface area contributed by atoms with Crippen LogP contribution in [0.1, 0.15) is 21.5 Å². The molecule has 2 rings (SSSR count). The Balaban J connectivity index is 2.75. The highest BCUT2D eigenvalue weighted by Crippen LogP contribution is 2.27. The van der Waals surface area contributed by atoms with Crippen LogP contribution in [-0.4, -0.2) is 5.91 Å². The summed E-state index contributed by atoms with van der Waals surface area (Å²) in [6.07, 6.45) is 0. The Hall–Kier alpha value is -1.34. The molecule has 0 unspecified atom stereocenters. The van der Waals surface area contributed by atoms with Gasteiger partial charge in [0.15, 0.2) is 0 Å². The van der Waals surface area contributed by atoms with Gasteiger partial charge in [-0.3, -0.25) is 4.79 Å². The van der Waals surface area contributed by atoms with E-state index in [0.717, 1.165) is 10.0 Å². The molecule has 1 aliphatic rings. The van der Waals surface area contributed by atoms with Crippen LogP contribution in [0.2, 0.25) is 0 Å². The molecular formula is C9H5BrN2O. The number of nitrogens with one attached hydrogen (secondary N) is 1. The molecule has 1 aliphatic heterocycles. The number of halogens is 1. The van der Waals surface area contributed by atoms with Crippen molar-refractivity contribution in [2.24, 2.45) is 0 Å². The van der Waals surface area contributed by atoms with Crippen LogP contribution in [0.5, 0.6) is 0 Å². The van der Waals surface area contributed by atoms with Gasteiger partial charge in [-0.2, -0.15) is 5.26 Å². The van der Waals surface area contributed by atoms with Crippen molar-refractivity contribution in [2.45, 2.75) is 6.54 Å². The van der Waals surface area contributed by atoms with Gasteiger partial charge in [-0.15, -0.1) is 0 Å². The number of nitrogens with zero attached hydrogens (tertiary/aromatic N) is 1. The summed E-state index contributed by atoms with van der Waals surface area (Å²) in [4.78, 5) is 11.3. The number of benzene rings is 1. The van der Waals surface area contributed by atoms with Gasteiger partial charge in [-0.25, -0.2) is 0 Å². The van der Waals surface area contributed by atoms with Gasteiger partial charge in [-0.05, 0) is 17.7 Å². The fraction of sp³-hybridized carbons (Fsp3) is 0.111. The Labute approximate surface area is 83.5 Å². The van der Waals surface area contributed by atoms with E-state index < -0.39 is 0 Å². The second-order valence-electron chi connectivity index (χ2n) is 2.74. The Kier molecular flexibility index (Phi) is 1.82. The average molecular weight is 237 g/mol. The van der Waals surface area contributed by atoms with Crippen LogP contribution in [0, 0.1) is 11.3 Å². The summed E-state index contributed by atoms with van der Waals surface area (Å²) in [6.45, 7) is 0.504. The van der Waals surface area contributed by atoms with E-state index in [0.29, 0.717) is 17.7 Å². The van der Waals surface area contributed by atoms with Gasteiger partial charge in [0.05, 0.1) is 17.2 Å². The van der Waals surface area contributed by atoms with Crippen LogP contribution in [0.25, 0.3) is 0 Å². The lowest BCUT2D eigenvalue weighted by atomic mass is 10.0. The van der Waals surface area contributed by atoms with Crippen molar-refractivity contribution < 1.29 is 4.79 Å². The molecule has 0 aromatic heterocycles. The first kappa shape index (κ1) is 8.27. The van der Waals surface area contributed by atoms with Crippen LogP contribution in [0.15, 0.2) is 16.6 Å². The van der Waals surface area contributed by atoms with E-state index in [1.54, 1.807) is 12.1 Å². The number of rotatable bonds is 0. The molecule has 13 heavy (non-hydrogen) atoms. The van der Waals surface area contributed by atoms with Crippen molar-refractivity contribution in [3.8, 4) is 6.07 Å². The average Bonchev–Trinajstić information content (AvgIpc) is 2.51. The molecule has 3 nitrogen and oxygen atoms in total. The molecular weight excluding hydrogens is 232 g/mol. The monoisotopic (exact) mass is 236 g/mol. The highest BCUT2D eigenvalue weighted by Gasteiger charge is 2.24. The van der Waals surface area contributed by atoms with Gasteiger partial charge >= 0.3 is 0 Å². The highest BCUT2D eigenvalue weighted by atomic mass is 79.9. The number of hydrogen-bond donors (Lipinski definition) is 1. The zero-order valence-electron chi connectivity index (χ0n) is 6.60. The molecule has 0 fully saturated rings. The quantitative estimate of drug-likeness (QED) is 0.744. The summed E-state index contributed by atoms with van der Waals surface area (Å²) in [7, 11) is 0. The third-order valence-corrected chi connectivity index (χ3v) is 2.77. The maximum atomic E-state index is 11.3. The van der Waals surface area contributed by atoms with E-state index in [9.17, 15) is 4.79 Å². The topological polar surface area (TPSA) is 52.9 Å². The molecule has 64 valence electrons. The molecule has 1 N–H and O–H groups in total. The lowest BCUT2D eigenvalue weighted by Crippen LogP contribution is -2.13. The maximum absolute atomic E-state index is 11.3.